The number of carbonyl (C=O) groups excluding carboxylic acids is 2. The van der Waals surface area contributed by atoms with Crippen molar-refractivity contribution in [1.82, 2.24) is 15.5 Å². The number of aromatic amines is 1. The quantitative estimate of drug-likeness (QED) is 0.610. The Morgan fingerprint density at radius 3 is 2.68 bits per heavy atom. The Balaban J connectivity index is 1.39. The molecule has 1 aliphatic rings. The number of fused-ring (bicyclic) bond motifs is 1. The lowest BCUT2D eigenvalue weighted by Gasteiger charge is -2.22. The summed E-state index contributed by atoms with van der Waals surface area (Å²) in [7, 11) is 0. The van der Waals surface area contributed by atoms with Gasteiger partial charge in [0.25, 0.3) is 0 Å². The van der Waals surface area contributed by atoms with Crippen LogP contribution in [0, 0.1) is 0 Å². The van der Waals surface area contributed by atoms with Crippen LogP contribution in [0.25, 0.3) is 0 Å². The Labute approximate surface area is 162 Å². The minimum Gasteiger partial charge on any atom is -0.455 e. The molecule has 1 aromatic heterocycles. The van der Waals surface area contributed by atoms with Crippen LogP contribution in [0.1, 0.15) is 17.7 Å². The van der Waals surface area contributed by atoms with E-state index in [4.69, 9.17) is 4.74 Å². The highest BCUT2D eigenvalue weighted by Gasteiger charge is 2.24. The van der Waals surface area contributed by atoms with E-state index in [1.54, 1.807) is 30.5 Å². The molecule has 0 saturated heterocycles. The topological polar surface area (TPSA) is 96.1 Å². The van der Waals surface area contributed by atoms with Gasteiger partial charge in [-0.05, 0) is 49.1 Å². The average molecular weight is 376 g/mol. The Bertz CT molecular complexity index is 984. The van der Waals surface area contributed by atoms with E-state index in [2.05, 4.69) is 20.8 Å². The first kappa shape index (κ1) is 17.8. The molecule has 7 nitrogen and oxygen atoms in total. The Morgan fingerprint density at radius 2 is 1.82 bits per heavy atom. The van der Waals surface area contributed by atoms with E-state index in [0.29, 0.717) is 23.6 Å². The first-order valence-electron chi connectivity index (χ1n) is 9.14. The minimum absolute atomic E-state index is 0.0841. The fourth-order valence-electron chi connectivity index (χ4n) is 3.24. The van der Waals surface area contributed by atoms with Crippen LogP contribution in [0.2, 0.25) is 0 Å². The summed E-state index contributed by atoms with van der Waals surface area (Å²) < 4.78 is 5.81. The lowest BCUT2D eigenvalue weighted by Crippen LogP contribution is -2.44. The summed E-state index contributed by atoms with van der Waals surface area (Å²) in [5.41, 5.74) is 2.62. The lowest BCUT2D eigenvalue weighted by atomic mass is 9.93. The molecule has 3 N–H and O–H groups in total. The van der Waals surface area contributed by atoms with E-state index in [0.717, 1.165) is 24.1 Å². The van der Waals surface area contributed by atoms with Crippen molar-refractivity contribution in [2.75, 3.05) is 5.32 Å². The number of nitrogens with one attached hydrogen (secondary N) is 3. The van der Waals surface area contributed by atoms with Gasteiger partial charge in [-0.2, -0.15) is 5.10 Å². The van der Waals surface area contributed by atoms with Gasteiger partial charge in [0.05, 0.1) is 11.9 Å². The van der Waals surface area contributed by atoms with E-state index in [9.17, 15) is 9.59 Å². The highest BCUT2D eigenvalue weighted by molar-refractivity contribution is 6.39. The number of benzene rings is 2. The third kappa shape index (κ3) is 4.03. The van der Waals surface area contributed by atoms with Crippen LogP contribution in [0.5, 0.6) is 11.5 Å². The molecule has 0 bridgehead atoms. The molecule has 2 amide bonds. The SMILES string of the molecule is O=C(Nc1ccccc1Oc1ccccc1)C(=O)N[C@H]1CCc2[nH]ncc2C1. The number of carbonyl (C=O) groups is 2. The summed E-state index contributed by atoms with van der Waals surface area (Å²) in [5.74, 6) is -0.268. The van der Waals surface area contributed by atoms with Crippen molar-refractivity contribution in [1.29, 1.82) is 0 Å². The monoisotopic (exact) mass is 376 g/mol. The van der Waals surface area contributed by atoms with Crippen LogP contribution in [0.15, 0.2) is 60.8 Å². The second-order valence-corrected chi connectivity index (χ2v) is 6.65. The summed E-state index contributed by atoms with van der Waals surface area (Å²) >= 11 is 0. The lowest BCUT2D eigenvalue weighted by molar-refractivity contribution is -0.136. The number of ether oxygens (including phenoxy) is 1. The molecule has 1 atom stereocenters. The van der Waals surface area contributed by atoms with Gasteiger partial charge in [-0.25, -0.2) is 0 Å². The number of rotatable bonds is 4. The smallest absolute Gasteiger partial charge is 0.313 e. The maximum Gasteiger partial charge on any atom is 0.313 e. The summed E-state index contributed by atoms with van der Waals surface area (Å²) in [5, 5.41) is 12.4. The largest absolute Gasteiger partial charge is 0.455 e. The van der Waals surface area contributed by atoms with Crippen molar-refractivity contribution in [3.63, 3.8) is 0 Å². The molecule has 1 heterocycles. The summed E-state index contributed by atoms with van der Waals surface area (Å²) in [6.45, 7) is 0. The number of aryl methyl sites for hydroxylation is 1. The zero-order chi connectivity index (χ0) is 19.3. The Hall–Kier alpha value is -3.61. The number of para-hydroxylation sites is 3. The van der Waals surface area contributed by atoms with Gasteiger partial charge in [-0.1, -0.05) is 30.3 Å². The third-order valence-corrected chi connectivity index (χ3v) is 4.66. The van der Waals surface area contributed by atoms with Gasteiger partial charge in [0.15, 0.2) is 5.75 Å². The first-order chi connectivity index (χ1) is 13.7. The van der Waals surface area contributed by atoms with Gasteiger partial charge < -0.3 is 15.4 Å². The molecule has 142 valence electrons. The van der Waals surface area contributed by atoms with E-state index < -0.39 is 11.8 Å². The van der Waals surface area contributed by atoms with Crippen LogP contribution in [0.3, 0.4) is 0 Å². The number of nitrogens with zero attached hydrogens (tertiary/aromatic N) is 1. The maximum atomic E-state index is 12.4. The third-order valence-electron chi connectivity index (χ3n) is 4.66. The Morgan fingerprint density at radius 1 is 1.04 bits per heavy atom. The first-order valence-corrected chi connectivity index (χ1v) is 9.14. The molecule has 0 spiro atoms. The summed E-state index contributed by atoms with van der Waals surface area (Å²) in [4.78, 5) is 24.7. The van der Waals surface area contributed by atoms with Crippen molar-refractivity contribution in [3.8, 4) is 11.5 Å². The van der Waals surface area contributed by atoms with Gasteiger partial charge in [-0.15, -0.1) is 0 Å². The van der Waals surface area contributed by atoms with Crippen molar-refractivity contribution < 1.29 is 14.3 Å². The highest BCUT2D eigenvalue weighted by atomic mass is 16.5. The molecular weight excluding hydrogens is 356 g/mol. The van der Waals surface area contributed by atoms with Gasteiger partial charge in [-0.3, -0.25) is 14.7 Å². The predicted octanol–water partition coefficient (Wildman–Crippen LogP) is 2.81. The van der Waals surface area contributed by atoms with E-state index in [1.165, 1.54) is 0 Å². The van der Waals surface area contributed by atoms with Gasteiger partial charge in [0, 0.05) is 11.7 Å². The van der Waals surface area contributed by atoms with E-state index >= 15 is 0 Å². The van der Waals surface area contributed by atoms with Crippen molar-refractivity contribution in [3.05, 3.63) is 72.1 Å². The average Bonchev–Trinajstić information content (AvgIpc) is 3.18. The molecule has 0 saturated carbocycles. The molecule has 0 radical (unpaired) electrons. The molecule has 0 unspecified atom stereocenters. The van der Waals surface area contributed by atoms with Crippen molar-refractivity contribution in [2.45, 2.75) is 25.3 Å². The molecule has 0 aliphatic heterocycles. The van der Waals surface area contributed by atoms with Crippen molar-refractivity contribution in [2.24, 2.45) is 0 Å². The minimum atomic E-state index is -0.720. The molecule has 3 aromatic rings. The van der Waals surface area contributed by atoms with Gasteiger partial charge in [0.2, 0.25) is 0 Å². The summed E-state index contributed by atoms with van der Waals surface area (Å²) in [6, 6.07) is 16.2. The number of hydrogen-bond donors (Lipinski definition) is 3. The molecule has 28 heavy (non-hydrogen) atoms. The number of H-pyrrole nitrogens is 1. The van der Waals surface area contributed by atoms with Crippen LogP contribution < -0.4 is 15.4 Å². The molecule has 7 heteroatoms. The zero-order valence-electron chi connectivity index (χ0n) is 15.1. The summed E-state index contributed by atoms with van der Waals surface area (Å²) in [6.07, 6.45) is 4.00. The standard InChI is InChI=1S/C21H20N4O3/c26-20(23-15-10-11-17-14(12-15)13-22-25-17)21(27)24-18-8-4-5-9-19(18)28-16-6-2-1-3-7-16/h1-9,13,15H,10-12H2,(H,22,25)(H,23,26)(H,24,27)/t15-/m0/s1. The molecule has 0 fully saturated rings. The fraction of sp³-hybridized carbons (Fsp3) is 0.190. The molecule has 2 aromatic carbocycles. The molecule has 4 rings (SSSR count). The van der Waals surface area contributed by atoms with Crippen LogP contribution in [-0.2, 0) is 22.4 Å². The Kier molecular flexibility index (Phi) is 5.05. The van der Waals surface area contributed by atoms with Crippen molar-refractivity contribution >= 4 is 17.5 Å². The second kappa shape index (κ2) is 7.96. The normalized spacial score (nSPS) is 15.4. The second-order valence-electron chi connectivity index (χ2n) is 6.65. The van der Waals surface area contributed by atoms with Crippen LogP contribution >= 0.6 is 0 Å². The molecular formula is C21H20N4O3. The van der Waals surface area contributed by atoms with Crippen LogP contribution in [0.4, 0.5) is 5.69 Å². The van der Waals surface area contributed by atoms with E-state index in [1.807, 2.05) is 30.3 Å². The highest BCUT2D eigenvalue weighted by Crippen LogP contribution is 2.29. The number of amides is 2. The molecule has 1 aliphatic carbocycles. The van der Waals surface area contributed by atoms with Gasteiger partial charge >= 0.3 is 11.8 Å². The van der Waals surface area contributed by atoms with E-state index in [-0.39, 0.29) is 6.04 Å². The number of anilines is 1. The number of aromatic nitrogens is 2. The zero-order valence-corrected chi connectivity index (χ0v) is 15.1. The fourth-order valence-corrected chi connectivity index (χ4v) is 3.24. The van der Waals surface area contributed by atoms with Crippen LogP contribution in [-0.4, -0.2) is 28.1 Å². The predicted molar refractivity (Wildman–Crippen MR) is 104 cm³/mol. The number of hydrogen-bond acceptors (Lipinski definition) is 4. The van der Waals surface area contributed by atoms with Gasteiger partial charge in [0.1, 0.15) is 5.75 Å². The maximum absolute atomic E-state index is 12.4.